The van der Waals surface area contributed by atoms with Crippen LogP contribution in [0.3, 0.4) is 0 Å². The molecule has 4 rings (SSSR count). The van der Waals surface area contributed by atoms with Crippen LogP contribution in [0, 0.1) is 23.7 Å². The average molecular weight is 262 g/mol. The minimum Gasteiger partial charge on any atom is -0.339 e. The SMILES string of the molecule is CN(C)CC(N)c1noc(C2C3C4CCC(C4)C23)n1. The predicted molar refractivity (Wildman–Crippen MR) is 70.3 cm³/mol. The normalized spacial score (nSPS) is 40.7. The molecule has 0 radical (unpaired) electrons. The zero-order valence-corrected chi connectivity index (χ0v) is 11.6. The Kier molecular flexibility index (Phi) is 2.51. The van der Waals surface area contributed by atoms with Gasteiger partial charge in [0, 0.05) is 12.5 Å². The fraction of sp³-hybridized carbons (Fsp3) is 0.857. The molecule has 5 heteroatoms. The van der Waals surface area contributed by atoms with Crippen LogP contribution in [0.1, 0.15) is 42.9 Å². The maximum atomic E-state index is 6.09. The van der Waals surface area contributed by atoms with E-state index in [0.29, 0.717) is 11.7 Å². The molecule has 2 N–H and O–H groups in total. The van der Waals surface area contributed by atoms with E-state index in [1.807, 2.05) is 19.0 Å². The molecule has 5 nitrogen and oxygen atoms in total. The summed E-state index contributed by atoms with van der Waals surface area (Å²) in [6.45, 7) is 0.752. The van der Waals surface area contributed by atoms with Crippen molar-refractivity contribution >= 4 is 0 Å². The van der Waals surface area contributed by atoms with Gasteiger partial charge in [-0.2, -0.15) is 4.98 Å². The van der Waals surface area contributed by atoms with E-state index in [9.17, 15) is 0 Å². The largest absolute Gasteiger partial charge is 0.339 e. The van der Waals surface area contributed by atoms with Crippen LogP contribution in [0.2, 0.25) is 0 Å². The highest BCUT2D eigenvalue weighted by molar-refractivity contribution is 5.23. The molecule has 3 saturated carbocycles. The molecule has 104 valence electrons. The first-order valence-corrected chi connectivity index (χ1v) is 7.39. The number of likely N-dealkylation sites (N-methyl/N-ethyl adjacent to an activating group) is 1. The third kappa shape index (κ3) is 1.75. The maximum absolute atomic E-state index is 6.09. The maximum Gasteiger partial charge on any atom is 0.230 e. The van der Waals surface area contributed by atoms with Crippen molar-refractivity contribution in [3.8, 4) is 0 Å². The molecule has 0 aromatic carbocycles. The Hall–Kier alpha value is -0.940. The third-order valence-electron chi connectivity index (χ3n) is 5.37. The second-order valence-electron chi connectivity index (χ2n) is 6.87. The zero-order chi connectivity index (χ0) is 13.1. The first-order valence-electron chi connectivity index (χ1n) is 7.39. The molecular formula is C14H22N4O. The first kappa shape index (κ1) is 11.9. The molecule has 19 heavy (non-hydrogen) atoms. The number of hydrogen-bond acceptors (Lipinski definition) is 5. The summed E-state index contributed by atoms with van der Waals surface area (Å²) in [6.07, 6.45) is 4.29. The number of nitrogens with zero attached hydrogens (tertiary/aromatic N) is 3. The predicted octanol–water partition coefficient (Wildman–Crippen LogP) is 1.39. The molecule has 3 aliphatic rings. The van der Waals surface area contributed by atoms with Gasteiger partial charge in [-0.25, -0.2) is 0 Å². The van der Waals surface area contributed by atoms with E-state index in [1.165, 1.54) is 19.3 Å². The molecule has 0 spiro atoms. The smallest absolute Gasteiger partial charge is 0.230 e. The van der Waals surface area contributed by atoms with Gasteiger partial charge in [-0.3, -0.25) is 0 Å². The summed E-state index contributed by atoms with van der Waals surface area (Å²) in [6, 6.07) is -0.150. The Morgan fingerprint density at radius 3 is 2.63 bits per heavy atom. The van der Waals surface area contributed by atoms with Gasteiger partial charge in [0.2, 0.25) is 5.89 Å². The fourth-order valence-corrected chi connectivity index (χ4v) is 4.66. The van der Waals surface area contributed by atoms with E-state index in [4.69, 9.17) is 10.3 Å². The van der Waals surface area contributed by atoms with Crippen LogP contribution < -0.4 is 5.73 Å². The lowest BCUT2D eigenvalue weighted by Gasteiger charge is -2.12. The summed E-state index contributed by atoms with van der Waals surface area (Å²) in [5.41, 5.74) is 6.09. The third-order valence-corrected chi connectivity index (χ3v) is 5.37. The van der Waals surface area contributed by atoms with Gasteiger partial charge in [0.25, 0.3) is 0 Å². The number of nitrogens with two attached hydrogens (primary N) is 1. The van der Waals surface area contributed by atoms with Crippen LogP contribution in [0.5, 0.6) is 0 Å². The minimum atomic E-state index is -0.150. The van der Waals surface area contributed by atoms with E-state index in [2.05, 4.69) is 10.1 Å². The molecule has 3 aliphatic carbocycles. The van der Waals surface area contributed by atoms with Crippen molar-refractivity contribution in [2.24, 2.45) is 29.4 Å². The molecule has 5 atom stereocenters. The Morgan fingerprint density at radius 1 is 1.32 bits per heavy atom. The van der Waals surface area contributed by atoms with Crippen molar-refractivity contribution < 1.29 is 4.52 Å². The average Bonchev–Trinajstić information content (AvgIpc) is 2.77. The van der Waals surface area contributed by atoms with Crippen molar-refractivity contribution in [3.05, 3.63) is 11.7 Å². The molecule has 3 fully saturated rings. The second kappa shape index (κ2) is 4.03. The lowest BCUT2D eigenvalue weighted by molar-refractivity contribution is 0.337. The highest BCUT2D eigenvalue weighted by Gasteiger charge is 2.67. The van der Waals surface area contributed by atoms with E-state index in [1.54, 1.807) is 0 Å². The minimum absolute atomic E-state index is 0.150. The molecule has 0 aliphatic heterocycles. The van der Waals surface area contributed by atoms with Gasteiger partial charge in [-0.1, -0.05) is 5.16 Å². The lowest BCUT2D eigenvalue weighted by Crippen LogP contribution is -2.26. The topological polar surface area (TPSA) is 68.2 Å². The quantitative estimate of drug-likeness (QED) is 0.888. The Labute approximate surface area is 113 Å². The molecule has 0 amide bonds. The number of aromatic nitrogens is 2. The van der Waals surface area contributed by atoms with Crippen LogP contribution in [-0.2, 0) is 0 Å². The van der Waals surface area contributed by atoms with Crippen molar-refractivity contribution in [1.82, 2.24) is 15.0 Å². The summed E-state index contributed by atoms with van der Waals surface area (Å²) in [4.78, 5) is 6.62. The summed E-state index contributed by atoms with van der Waals surface area (Å²) in [5, 5.41) is 4.09. The monoisotopic (exact) mass is 262 g/mol. The van der Waals surface area contributed by atoms with Crippen LogP contribution in [-0.4, -0.2) is 35.7 Å². The van der Waals surface area contributed by atoms with Crippen molar-refractivity contribution in [3.63, 3.8) is 0 Å². The molecule has 1 aromatic rings. The van der Waals surface area contributed by atoms with Gasteiger partial charge in [-0.05, 0) is 57.0 Å². The second-order valence-corrected chi connectivity index (χ2v) is 6.87. The van der Waals surface area contributed by atoms with Gasteiger partial charge < -0.3 is 15.2 Å². The molecule has 2 bridgehead atoms. The van der Waals surface area contributed by atoms with Gasteiger partial charge in [-0.15, -0.1) is 0 Å². The Morgan fingerprint density at radius 2 is 2.00 bits per heavy atom. The Bertz CT molecular complexity index is 470. The van der Waals surface area contributed by atoms with E-state index in [-0.39, 0.29) is 6.04 Å². The van der Waals surface area contributed by atoms with E-state index >= 15 is 0 Å². The first-order chi connectivity index (χ1) is 9.15. The van der Waals surface area contributed by atoms with E-state index < -0.39 is 0 Å². The standard InChI is InChI=1S/C14H22N4O/c1-18(2)6-9(15)13-16-14(19-17-13)12-10-7-3-4-8(5-7)11(10)12/h7-12H,3-6,15H2,1-2H3. The molecule has 0 saturated heterocycles. The Balaban J connectivity index is 1.48. The lowest BCUT2D eigenvalue weighted by atomic mass is 10.0. The summed E-state index contributed by atoms with van der Waals surface area (Å²) >= 11 is 0. The molecule has 1 heterocycles. The van der Waals surface area contributed by atoms with Crippen molar-refractivity contribution in [2.75, 3.05) is 20.6 Å². The van der Waals surface area contributed by atoms with Crippen LogP contribution >= 0.6 is 0 Å². The van der Waals surface area contributed by atoms with Crippen LogP contribution in [0.15, 0.2) is 4.52 Å². The van der Waals surface area contributed by atoms with Crippen LogP contribution in [0.4, 0.5) is 0 Å². The summed E-state index contributed by atoms with van der Waals surface area (Å²) in [5.74, 6) is 5.64. The number of fused-ring (bicyclic) bond motifs is 5. The highest BCUT2D eigenvalue weighted by Crippen LogP contribution is 2.72. The van der Waals surface area contributed by atoms with Gasteiger partial charge >= 0.3 is 0 Å². The highest BCUT2D eigenvalue weighted by atomic mass is 16.5. The number of hydrogen-bond donors (Lipinski definition) is 1. The zero-order valence-electron chi connectivity index (χ0n) is 11.6. The fourth-order valence-electron chi connectivity index (χ4n) is 4.66. The van der Waals surface area contributed by atoms with Crippen molar-refractivity contribution in [1.29, 1.82) is 0 Å². The summed E-state index contributed by atoms with van der Waals surface area (Å²) in [7, 11) is 4.01. The van der Waals surface area contributed by atoms with Gasteiger partial charge in [0.1, 0.15) is 0 Å². The van der Waals surface area contributed by atoms with Crippen molar-refractivity contribution in [2.45, 2.75) is 31.2 Å². The number of rotatable bonds is 4. The van der Waals surface area contributed by atoms with Crippen LogP contribution in [0.25, 0.3) is 0 Å². The summed E-state index contributed by atoms with van der Waals surface area (Å²) < 4.78 is 5.49. The molecule has 5 unspecified atom stereocenters. The molecular weight excluding hydrogens is 240 g/mol. The van der Waals surface area contributed by atoms with Gasteiger partial charge in [0.15, 0.2) is 5.82 Å². The van der Waals surface area contributed by atoms with Gasteiger partial charge in [0.05, 0.1) is 6.04 Å². The van der Waals surface area contributed by atoms with E-state index in [0.717, 1.165) is 36.1 Å². The molecule has 1 aromatic heterocycles.